The van der Waals surface area contributed by atoms with Crippen LogP contribution in [0.5, 0.6) is 0 Å². The maximum absolute atomic E-state index is 10.7. The molecule has 1 saturated carbocycles. The van der Waals surface area contributed by atoms with Crippen molar-refractivity contribution >= 4 is 38.9 Å². The van der Waals surface area contributed by atoms with E-state index in [2.05, 4.69) is 36.3 Å². The van der Waals surface area contributed by atoms with Gasteiger partial charge in [-0.2, -0.15) is 5.10 Å². The first-order valence-electron chi connectivity index (χ1n) is 6.70. The van der Waals surface area contributed by atoms with Crippen LogP contribution in [0.2, 0.25) is 0 Å². The zero-order valence-corrected chi connectivity index (χ0v) is 12.7. The third-order valence-corrected chi connectivity index (χ3v) is 4.40. The van der Waals surface area contributed by atoms with Gasteiger partial charge in [0.2, 0.25) is 0 Å². The largest absolute Gasteiger partial charge is 0.465 e. The predicted molar refractivity (Wildman–Crippen MR) is 79.9 cm³/mol. The fraction of sp³-hybridized carbons (Fsp3) is 0.500. The van der Waals surface area contributed by atoms with E-state index in [9.17, 15) is 4.79 Å². The number of carbonyl (C=O) groups is 1. The van der Waals surface area contributed by atoms with Crippen LogP contribution in [-0.4, -0.2) is 37.0 Å². The van der Waals surface area contributed by atoms with Crippen LogP contribution in [-0.2, 0) is 0 Å². The Balaban J connectivity index is 1.83. The van der Waals surface area contributed by atoms with Crippen LogP contribution in [0.4, 0.5) is 10.6 Å². The van der Waals surface area contributed by atoms with Crippen molar-refractivity contribution in [2.45, 2.75) is 37.8 Å². The number of halogens is 1. The van der Waals surface area contributed by atoms with Crippen molar-refractivity contribution < 1.29 is 9.90 Å². The molecule has 2 aromatic rings. The highest BCUT2D eigenvalue weighted by atomic mass is 79.9. The van der Waals surface area contributed by atoms with E-state index in [1.165, 1.54) is 6.33 Å². The molecule has 0 aliphatic heterocycles. The Labute approximate surface area is 128 Å². The van der Waals surface area contributed by atoms with Crippen LogP contribution in [0.1, 0.15) is 31.7 Å². The van der Waals surface area contributed by atoms with Crippen LogP contribution in [0.3, 0.4) is 0 Å². The molecular weight excluding hydrogens is 340 g/mol. The number of anilines is 1. The summed E-state index contributed by atoms with van der Waals surface area (Å²) in [6, 6.07) is 0.212. The maximum Gasteiger partial charge on any atom is 0.404 e. The average molecular weight is 355 g/mol. The lowest BCUT2D eigenvalue weighted by Gasteiger charge is -2.28. The van der Waals surface area contributed by atoms with Crippen molar-refractivity contribution in [2.24, 2.45) is 0 Å². The van der Waals surface area contributed by atoms with E-state index in [0.29, 0.717) is 16.1 Å². The Morgan fingerprint density at radius 3 is 2.76 bits per heavy atom. The Hall–Kier alpha value is -1.90. The average Bonchev–Trinajstić information content (AvgIpc) is 2.78. The highest BCUT2D eigenvalue weighted by Crippen LogP contribution is 2.33. The topological polar surface area (TPSA) is 119 Å². The van der Waals surface area contributed by atoms with Gasteiger partial charge in [-0.1, -0.05) is 0 Å². The van der Waals surface area contributed by atoms with E-state index >= 15 is 0 Å². The summed E-state index contributed by atoms with van der Waals surface area (Å²) in [5.74, 6) is 0.402. The van der Waals surface area contributed by atoms with Gasteiger partial charge in [0, 0.05) is 6.04 Å². The molecule has 0 unspecified atom stereocenters. The number of hydrogen-bond acceptors (Lipinski definition) is 5. The first-order valence-corrected chi connectivity index (χ1v) is 7.49. The highest BCUT2D eigenvalue weighted by Gasteiger charge is 2.26. The molecule has 1 amide bonds. The summed E-state index contributed by atoms with van der Waals surface area (Å²) >= 11 is 3.40. The molecule has 1 aliphatic rings. The molecule has 8 nitrogen and oxygen atoms in total. The third kappa shape index (κ3) is 2.65. The summed E-state index contributed by atoms with van der Waals surface area (Å²) < 4.78 is 2.51. The predicted octanol–water partition coefficient (Wildman–Crippen LogP) is 1.92. The summed E-state index contributed by atoms with van der Waals surface area (Å²) in [5, 5.41) is 16.5. The van der Waals surface area contributed by atoms with Gasteiger partial charge in [-0.15, -0.1) is 0 Å². The molecule has 2 heterocycles. The molecule has 0 bridgehead atoms. The first-order chi connectivity index (χ1) is 10.1. The van der Waals surface area contributed by atoms with E-state index in [-0.39, 0.29) is 12.1 Å². The molecule has 1 fully saturated rings. The Morgan fingerprint density at radius 2 is 2.10 bits per heavy atom. The monoisotopic (exact) mass is 354 g/mol. The van der Waals surface area contributed by atoms with Gasteiger partial charge >= 0.3 is 6.09 Å². The van der Waals surface area contributed by atoms with Gasteiger partial charge in [-0.25, -0.2) is 19.4 Å². The maximum atomic E-state index is 10.7. The zero-order valence-electron chi connectivity index (χ0n) is 11.2. The molecule has 0 aromatic carbocycles. The molecule has 0 spiro atoms. The van der Waals surface area contributed by atoms with Gasteiger partial charge in [0.15, 0.2) is 5.65 Å². The molecule has 4 N–H and O–H groups in total. The van der Waals surface area contributed by atoms with Gasteiger partial charge in [0.05, 0.1) is 11.4 Å². The lowest BCUT2D eigenvalue weighted by molar-refractivity contribution is 0.182. The van der Waals surface area contributed by atoms with Crippen molar-refractivity contribution in [1.82, 2.24) is 25.1 Å². The van der Waals surface area contributed by atoms with E-state index in [4.69, 9.17) is 10.8 Å². The van der Waals surface area contributed by atoms with E-state index in [1.54, 1.807) is 0 Å². The number of rotatable bonds is 2. The molecule has 0 radical (unpaired) electrons. The molecule has 112 valence electrons. The number of nitrogens with one attached hydrogen (secondary N) is 1. The van der Waals surface area contributed by atoms with Crippen molar-refractivity contribution in [3.05, 3.63) is 10.9 Å². The molecule has 1 aliphatic carbocycles. The molecule has 9 heteroatoms. The number of nitrogens with two attached hydrogens (primary N) is 1. The van der Waals surface area contributed by atoms with Gasteiger partial charge in [0.1, 0.15) is 16.7 Å². The van der Waals surface area contributed by atoms with Crippen molar-refractivity contribution in [2.75, 3.05) is 5.73 Å². The van der Waals surface area contributed by atoms with Gasteiger partial charge in [-0.3, -0.25) is 0 Å². The number of carboxylic acid groups (broad SMARTS) is 1. The summed E-state index contributed by atoms with van der Waals surface area (Å²) in [4.78, 5) is 18.9. The van der Waals surface area contributed by atoms with Crippen LogP contribution in [0, 0.1) is 0 Å². The Morgan fingerprint density at radius 1 is 1.38 bits per heavy atom. The number of amides is 1. The molecule has 21 heavy (non-hydrogen) atoms. The van der Waals surface area contributed by atoms with Gasteiger partial charge < -0.3 is 16.2 Å². The van der Waals surface area contributed by atoms with Gasteiger partial charge in [-0.05, 0) is 41.6 Å². The quantitative estimate of drug-likeness (QED) is 0.757. The molecule has 0 atom stereocenters. The second kappa shape index (κ2) is 5.47. The third-order valence-electron chi connectivity index (χ3n) is 3.85. The standard InChI is InChI=1S/C12H15BrN6O2/c13-9-8-10(14)15-5-16-11(8)19(18-9)7-3-1-6(2-4-7)17-12(20)21/h5-7,17H,1-4H2,(H,20,21)(H2,14,15,16)/t6-,7-. The number of fused-ring (bicyclic) bond motifs is 1. The van der Waals surface area contributed by atoms with Crippen molar-refractivity contribution in [3.8, 4) is 0 Å². The summed E-state index contributed by atoms with van der Waals surface area (Å²) in [5.41, 5.74) is 6.58. The number of hydrogen-bond donors (Lipinski definition) is 3. The smallest absolute Gasteiger partial charge is 0.404 e. The highest BCUT2D eigenvalue weighted by molar-refractivity contribution is 9.10. The molecule has 0 saturated heterocycles. The van der Waals surface area contributed by atoms with Crippen molar-refractivity contribution in [3.63, 3.8) is 0 Å². The lowest BCUT2D eigenvalue weighted by atomic mass is 9.91. The number of nitrogen functional groups attached to an aromatic ring is 1. The fourth-order valence-electron chi connectivity index (χ4n) is 2.85. The van der Waals surface area contributed by atoms with Crippen LogP contribution in [0.15, 0.2) is 10.9 Å². The molecular formula is C12H15BrN6O2. The SMILES string of the molecule is Nc1ncnc2c1c(Br)nn2[C@H]1CC[C@H](NC(=O)O)CC1. The minimum Gasteiger partial charge on any atom is -0.465 e. The van der Waals surface area contributed by atoms with E-state index < -0.39 is 6.09 Å². The second-order valence-electron chi connectivity index (χ2n) is 5.15. The van der Waals surface area contributed by atoms with Crippen LogP contribution >= 0.6 is 15.9 Å². The number of nitrogens with zero attached hydrogens (tertiary/aromatic N) is 4. The van der Waals surface area contributed by atoms with Crippen LogP contribution in [0.25, 0.3) is 11.0 Å². The van der Waals surface area contributed by atoms with E-state index in [0.717, 1.165) is 31.1 Å². The zero-order chi connectivity index (χ0) is 15.0. The first kappa shape index (κ1) is 14.1. The second-order valence-corrected chi connectivity index (χ2v) is 5.90. The molecule has 3 rings (SSSR count). The lowest BCUT2D eigenvalue weighted by Crippen LogP contribution is -2.37. The number of aromatic nitrogens is 4. The normalized spacial score (nSPS) is 22.3. The summed E-state index contributed by atoms with van der Waals surface area (Å²) in [6.07, 6.45) is 3.73. The summed E-state index contributed by atoms with van der Waals surface area (Å²) in [7, 11) is 0. The summed E-state index contributed by atoms with van der Waals surface area (Å²) in [6.45, 7) is 0. The van der Waals surface area contributed by atoms with E-state index in [1.807, 2.05) is 4.68 Å². The Bertz CT molecular complexity index is 680. The fourth-order valence-corrected chi connectivity index (χ4v) is 3.40. The Kier molecular flexibility index (Phi) is 3.66. The van der Waals surface area contributed by atoms with Crippen LogP contribution < -0.4 is 11.1 Å². The van der Waals surface area contributed by atoms with Crippen molar-refractivity contribution in [1.29, 1.82) is 0 Å². The van der Waals surface area contributed by atoms with Gasteiger partial charge in [0.25, 0.3) is 0 Å². The minimum absolute atomic E-state index is 0.0173. The minimum atomic E-state index is -0.966. The molecule has 2 aromatic heterocycles.